The molecule has 0 N–H and O–H groups in total. The number of hydrogen-bond acceptors (Lipinski definition) is 3. The van der Waals surface area contributed by atoms with Gasteiger partial charge in [0.05, 0.1) is 6.61 Å². The minimum atomic E-state index is -0.0411. The quantitative estimate of drug-likeness (QED) is 0.516. The van der Waals surface area contributed by atoms with E-state index in [1.807, 2.05) is 6.92 Å². The van der Waals surface area contributed by atoms with E-state index in [2.05, 4.69) is 11.8 Å². The summed E-state index contributed by atoms with van der Waals surface area (Å²) in [5.41, 5.74) is 0. The molecule has 0 aromatic rings. The normalized spacial score (nSPS) is 21.6. The number of carbonyl (C=O) groups excluding carboxylic acids is 1. The Kier molecular flexibility index (Phi) is 8.06. The van der Waals surface area contributed by atoms with Crippen molar-refractivity contribution in [3.63, 3.8) is 0 Å². The first-order valence-corrected chi connectivity index (χ1v) is 7.63. The van der Waals surface area contributed by atoms with E-state index in [0.29, 0.717) is 13.0 Å². The van der Waals surface area contributed by atoms with Crippen LogP contribution in [0.25, 0.3) is 0 Å². The summed E-state index contributed by atoms with van der Waals surface area (Å²) in [7, 11) is 0. The standard InChI is InChI=1S/C15H29NO2/c1-3-18-15(17)11-7-5-9-13-16-12-8-4-6-10-14(16)2/h14H,3-13H2,1-2H3. The molecule has 3 heteroatoms. The summed E-state index contributed by atoms with van der Waals surface area (Å²) in [6.45, 7) is 7.18. The second-order valence-corrected chi connectivity index (χ2v) is 5.35. The van der Waals surface area contributed by atoms with E-state index < -0.39 is 0 Å². The number of carbonyl (C=O) groups is 1. The van der Waals surface area contributed by atoms with Crippen molar-refractivity contribution >= 4 is 5.97 Å². The summed E-state index contributed by atoms with van der Waals surface area (Å²) < 4.78 is 4.92. The van der Waals surface area contributed by atoms with Gasteiger partial charge in [0.25, 0.3) is 0 Å². The van der Waals surface area contributed by atoms with Crippen LogP contribution in [-0.2, 0) is 9.53 Å². The molecule has 0 aromatic carbocycles. The number of rotatable bonds is 7. The molecule has 1 heterocycles. The van der Waals surface area contributed by atoms with Crippen molar-refractivity contribution in [2.75, 3.05) is 19.7 Å². The Hall–Kier alpha value is -0.570. The molecule has 0 spiro atoms. The smallest absolute Gasteiger partial charge is 0.305 e. The summed E-state index contributed by atoms with van der Waals surface area (Å²) in [4.78, 5) is 13.8. The van der Waals surface area contributed by atoms with Gasteiger partial charge < -0.3 is 9.64 Å². The highest BCUT2D eigenvalue weighted by atomic mass is 16.5. The third-order valence-corrected chi connectivity index (χ3v) is 3.82. The molecule has 1 atom stereocenters. The number of likely N-dealkylation sites (tertiary alicyclic amines) is 1. The van der Waals surface area contributed by atoms with Crippen molar-refractivity contribution in [1.29, 1.82) is 0 Å². The lowest BCUT2D eigenvalue weighted by molar-refractivity contribution is -0.143. The first-order chi connectivity index (χ1) is 8.74. The number of hydrogen-bond donors (Lipinski definition) is 0. The van der Waals surface area contributed by atoms with Crippen molar-refractivity contribution in [1.82, 2.24) is 4.90 Å². The average Bonchev–Trinajstić information content (AvgIpc) is 2.54. The number of esters is 1. The molecule has 0 bridgehead atoms. The highest BCUT2D eigenvalue weighted by Crippen LogP contribution is 2.17. The molecule has 1 aliphatic rings. The predicted octanol–water partition coefficient (Wildman–Crippen LogP) is 3.37. The molecule has 1 unspecified atom stereocenters. The van der Waals surface area contributed by atoms with Crippen LogP contribution >= 0.6 is 0 Å². The number of ether oxygens (including phenoxy) is 1. The Labute approximate surface area is 112 Å². The Balaban J connectivity index is 2.04. The number of unbranched alkanes of at least 4 members (excludes halogenated alkanes) is 2. The van der Waals surface area contributed by atoms with Crippen LogP contribution in [-0.4, -0.2) is 36.6 Å². The zero-order valence-corrected chi connectivity index (χ0v) is 12.1. The molecule has 0 radical (unpaired) electrons. The van der Waals surface area contributed by atoms with Crippen molar-refractivity contribution in [3.05, 3.63) is 0 Å². The van der Waals surface area contributed by atoms with E-state index in [1.54, 1.807) is 0 Å². The minimum Gasteiger partial charge on any atom is -0.466 e. The molecule has 1 saturated heterocycles. The van der Waals surface area contributed by atoms with E-state index in [4.69, 9.17) is 4.74 Å². The number of nitrogens with zero attached hydrogens (tertiary/aromatic N) is 1. The minimum absolute atomic E-state index is 0.0411. The second kappa shape index (κ2) is 9.37. The summed E-state index contributed by atoms with van der Waals surface area (Å²) in [6, 6.07) is 0.748. The van der Waals surface area contributed by atoms with Crippen molar-refractivity contribution < 1.29 is 9.53 Å². The van der Waals surface area contributed by atoms with E-state index in [0.717, 1.165) is 18.9 Å². The first kappa shape index (κ1) is 15.5. The lowest BCUT2D eigenvalue weighted by Gasteiger charge is -2.26. The van der Waals surface area contributed by atoms with Gasteiger partial charge in [0, 0.05) is 12.5 Å². The van der Waals surface area contributed by atoms with Crippen LogP contribution in [0.2, 0.25) is 0 Å². The van der Waals surface area contributed by atoms with Gasteiger partial charge in [0.1, 0.15) is 0 Å². The monoisotopic (exact) mass is 255 g/mol. The predicted molar refractivity (Wildman–Crippen MR) is 74.6 cm³/mol. The Bertz CT molecular complexity index is 231. The largest absolute Gasteiger partial charge is 0.466 e. The van der Waals surface area contributed by atoms with Gasteiger partial charge in [-0.1, -0.05) is 19.3 Å². The Morgan fingerprint density at radius 1 is 1.22 bits per heavy atom. The van der Waals surface area contributed by atoms with E-state index in [-0.39, 0.29) is 5.97 Å². The van der Waals surface area contributed by atoms with E-state index >= 15 is 0 Å². The SMILES string of the molecule is CCOC(=O)CCCCCN1CCCCCC1C. The summed E-state index contributed by atoms with van der Waals surface area (Å²) in [5, 5.41) is 0. The molecule has 106 valence electrons. The fraction of sp³-hybridized carbons (Fsp3) is 0.933. The Morgan fingerprint density at radius 2 is 2.06 bits per heavy atom. The van der Waals surface area contributed by atoms with Crippen LogP contribution in [0, 0.1) is 0 Å². The Morgan fingerprint density at radius 3 is 2.83 bits per heavy atom. The van der Waals surface area contributed by atoms with Crippen molar-refractivity contribution in [3.8, 4) is 0 Å². The maximum absolute atomic E-state index is 11.2. The fourth-order valence-corrected chi connectivity index (χ4v) is 2.66. The zero-order chi connectivity index (χ0) is 13.2. The second-order valence-electron chi connectivity index (χ2n) is 5.35. The lowest BCUT2D eigenvalue weighted by atomic mass is 10.1. The van der Waals surface area contributed by atoms with Crippen LogP contribution in [0.3, 0.4) is 0 Å². The molecule has 1 fully saturated rings. The highest BCUT2D eigenvalue weighted by Gasteiger charge is 2.15. The summed E-state index contributed by atoms with van der Waals surface area (Å²) in [5.74, 6) is -0.0411. The molecule has 0 aliphatic carbocycles. The van der Waals surface area contributed by atoms with Gasteiger partial charge in [-0.15, -0.1) is 0 Å². The molecule has 0 saturated carbocycles. The highest BCUT2D eigenvalue weighted by molar-refractivity contribution is 5.69. The molecule has 18 heavy (non-hydrogen) atoms. The fourth-order valence-electron chi connectivity index (χ4n) is 2.66. The van der Waals surface area contributed by atoms with E-state index in [9.17, 15) is 4.79 Å². The van der Waals surface area contributed by atoms with Crippen LogP contribution in [0.5, 0.6) is 0 Å². The molecule has 0 amide bonds. The van der Waals surface area contributed by atoms with Gasteiger partial charge in [0.15, 0.2) is 0 Å². The van der Waals surface area contributed by atoms with Crippen LogP contribution in [0.4, 0.5) is 0 Å². The van der Waals surface area contributed by atoms with Gasteiger partial charge in [-0.2, -0.15) is 0 Å². The van der Waals surface area contributed by atoms with Crippen LogP contribution < -0.4 is 0 Å². The first-order valence-electron chi connectivity index (χ1n) is 7.63. The molecular weight excluding hydrogens is 226 g/mol. The third-order valence-electron chi connectivity index (χ3n) is 3.82. The van der Waals surface area contributed by atoms with Gasteiger partial charge >= 0.3 is 5.97 Å². The third kappa shape index (κ3) is 6.39. The molecule has 1 aliphatic heterocycles. The average molecular weight is 255 g/mol. The van der Waals surface area contributed by atoms with Crippen LogP contribution in [0.15, 0.2) is 0 Å². The van der Waals surface area contributed by atoms with Crippen molar-refractivity contribution in [2.45, 2.75) is 71.3 Å². The van der Waals surface area contributed by atoms with Gasteiger partial charge in [-0.3, -0.25) is 4.79 Å². The molecular formula is C15H29NO2. The van der Waals surface area contributed by atoms with Gasteiger partial charge in [0.2, 0.25) is 0 Å². The maximum atomic E-state index is 11.2. The van der Waals surface area contributed by atoms with Gasteiger partial charge in [-0.05, 0) is 52.6 Å². The van der Waals surface area contributed by atoms with Gasteiger partial charge in [-0.25, -0.2) is 0 Å². The molecule has 0 aromatic heterocycles. The zero-order valence-electron chi connectivity index (χ0n) is 12.1. The van der Waals surface area contributed by atoms with E-state index in [1.165, 1.54) is 45.2 Å². The lowest BCUT2D eigenvalue weighted by Crippen LogP contribution is -2.33. The summed E-state index contributed by atoms with van der Waals surface area (Å²) >= 11 is 0. The van der Waals surface area contributed by atoms with Crippen LogP contribution in [0.1, 0.15) is 65.2 Å². The topological polar surface area (TPSA) is 29.5 Å². The van der Waals surface area contributed by atoms with Crippen molar-refractivity contribution in [2.24, 2.45) is 0 Å². The summed E-state index contributed by atoms with van der Waals surface area (Å²) in [6.07, 6.45) is 9.40. The maximum Gasteiger partial charge on any atom is 0.305 e. The molecule has 3 nitrogen and oxygen atoms in total. The molecule has 1 rings (SSSR count).